The molecule has 1 saturated carbocycles. The van der Waals surface area contributed by atoms with E-state index in [2.05, 4.69) is 96.5 Å². The third-order valence-electron chi connectivity index (χ3n) is 9.59. The van der Waals surface area contributed by atoms with Crippen molar-refractivity contribution in [2.75, 3.05) is 0 Å². The Balaban J connectivity index is 1.25. The first-order valence-corrected chi connectivity index (χ1v) is 17.2. The summed E-state index contributed by atoms with van der Waals surface area (Å²) in [4.78, 5) is 19.5. The highest BCUT2D eigenvalue weighted by atomic mass is 15.0. The third-order valence-corrected chi connectivity index (χ3v) is 9.59. The number of rotatable bonds is 9. The second-order valence-corrected chi connectivity index (χ2v) is 12.6. The summed E-state index contributed by atoms with van der Waals surface area (Å²) in [6.07, 6.45) is 15.8. The topological polar surface area (TPSA) is 51.6 Å². The Morgan fingerprint density at radius 3 is 1.65 bits per heavy atom. The second-order valence-electron chi connectivity index (χ2n) is 12.6. The molecule has 240 valence electrons. The van der Waals surface area contributed by atoms with E-state index in [1.54, 1.807) is 0 Å². The first kappa shape index (κ1) is 31.8. The third kappa shape index (κ3) is 6.81. The Morgan fingerprint density at radius 2 is 1.12 bits per heavy atom. The number of allylic oxidation sites excluding steroid dienone is 5. The smallest absolute Gasteiger partial charge is 0.164 e. The van der Waals surface area contributed by atoms with Gasteiger partial charge in [0.1, 0.15) is 0 Å². The molecular formula is C45H40N4. The highest BCUT2D eigenvalue weighted by molar-refractivity contribution is 5.77. The van der Waals surface area contributed by atoms with Gasteiger partial charge >= 0.3 is 0 Å². The molecule has 0 atom stereocenters. The van der Waals surface area contributed by atoms with Gasteiger partial charge in [-0.25, -0.2) is 15.0 Å². The van der Waals surface area contributed by atoms with Gasteiger partial charge in [-0.3, -0.25) is 4.98 Å². The van der Waals surface area contributed by atoms with E-state index in [1.165, 1.54) is 30.4 Å². The molecule has 0 radical (unpaired) electrons. The Bertz CT molecular complexity index is 2070. The van der Waals surface area contributed by atoms with Crippen molar-refractivity contribution in [3.05, 3.63) is 175 Å². The van der Waals surface area contributed by atoms with Gasteiger partial charge in [-0.2, -0.15) is 0 Å². The van der Waals surface area contributed by atoms with Crippen molar-refractivity contribution in [1.82, 2.24) is 19.9 Å². The maximum absolute atomic E-state index is 5.03. The van der Waals surface area contributed by atoms with Gasteiger partial charge in [-0.05, 0) is 54.2 Å². The lowest BCUT2D eigenvalue weighted by molar-refractivity contribution is 0.346. The first-order chi connectivity index (χ1) is 24.2. The zero-order valence-electron chi connectivity index (χ0n) is 28.0. The van der Waals surface area contributed by atoms with Crippen LogP contribution < -0.4 is 0 Å². The predicted octanol–water partition coefficient (Wildman–Crippen LogP) is 11.3. The molecule has 6 aromatic rings. The van der Waals surface area contributed by atoms with Crippen molar-refractivity contribution in [3.8, 4) is 45.4 Å². The molecule has 4 nitrogen and oxygen atoms in total. The summed E-state index contributed by atoms with van der Waals surface area (Å²) in [6, 6.07) is 42.6. The van der Waals surface area contributed by atoms with E-state index in [0.29, 0.717) is 17.5 Å². The number of nitrogens with zero attached hydrogens (tertiary/aromatic N) is 4. The van der Waals surface area contributed by atoms with Crippen molar-refractivity contribution in [3.63, 3.8) is 0 Å². The maximum Gasteiger partial charge on any atom is 0.164 e. The van der Waals surface area contributed by atoms with Crippen molar-refractivity contribution in [1.29, 1.82) is 0 Å². The van der Waals surface area contributed by atoms with Gasteiger partial charge in [-0.15, -0.1) is 0 Å². The lowest BCUT2D eigenvalue weighted by Gasteiger charge is -2.39. The van der Waals surface area contributed by atoms with Gasteiger partial charge in [0.25, 0.3) is 0 Å². The molecule has 1 fully saturated rings. The number of hydrogen-bond donors (Lipinski definition) is 0. The van der Waals surface area contributed by atoms with Crippen molar-refractivity contribution in [2.24, 2.45) is 0 Å². The van der Waals surface area contributed by atoms with Crippen LogP contribution in [0.1, 0.15) is 55.7 Å². The standard InChI is InChI=1S/C45H40N4/c1-3-13-33(14-4-2)34-18-20-37(21-19-34)43-47-42(36-15-7-5-8-16-36)48-44(49-43)38-24-28-40(29-25-38)45(30-10-6-11-31-45)39-26-22-35(23-27-39)41-17-9-12-32-46-41/h3-5,7-9,12-29,32H,1,6,10-11,30-31H2,2H3/b14-4-,33-13+. The summed E-state index contributed by atoms with van der Waals surface area (Å²) in [5.74, 6) is 1.97. The highest BCUT2D eigenvalue weighted by Gasteiger charge is 2.35. The first-order valence-electron chi connectivity index (χ1n) is 17.2. The molecule has 0 saturated heterocycles. The number of aromatic nitrogens is 4. The van der Waals surface area contributed by atoms with Crippen LogP contribution >= 0.6 is 0 Å². The summed E-state index contributed by atoms with van der Waals surface area (Å²) in [6.45, 7) is 5.89. The quantitative estimate of drug-likeness (QED) is 0.148. The number of hydrogen-bond acceptors (Lipinski definition) is 4. The van der Waals surface area contributed by atoms with E-state index in [-0.39, 0.29) is 5.41 Å². The maximum atomic E-state index is 5.03. The van der Waals surface area contributed by atoms with Gasteiger partial charge in [0.2, 0.25) is 0 Å². The average Bonchev–Trinajstić information content (AvgIpc) is 3.19. The monoisotopic (exact) mass is 636 g/mol. The molecule has 1 aliphatic rings. The Morgan fingerprint density at radius 1 is 0.592 bits per heavy atom. The van der Waals surface area contributed by atoms with Gasteiger partial charge in [0, 0.05) is 33.9 Å². The molecule has 7 rings (SSSR count). The van der Waals surface area contributed by atoms with Crippen LogP contribution in [-0.4, -0.2) is 19.9 Å². The van der Waals surface area contributed by atoms with Gasteiger partial charge in [0.05, 0.1) is 5.69 Å². The molecular weight excluding hydrogens is 597 g/mol. The van der Waals surface area contributed by atoms with Crippen LogP contribution in [0.4, 0.5) is 0 Å². The van der Waals surface area contributed by atoms with E-state index < -0.39 is 0 Å². The normalized spacial score (nSPS) is 14.5. The summed E-state index contributed by atoms with van der Waals surface area (Å²) in [7, 11) is 0. The summed E-state index contributed by atoms with van der Waals surface area (Å²) < 4.78 is 0. The van der Waals surface area contributed by atoms with Crippen LogP contribution in [0, 0.1) is 0 Å². The van der Waals surface area contributed by atoms with E-state index in [0.717, 1.165) is 51.9 Å². The highest BCUT2D eigenvalue weighted by Crippen LogP contribution is 2.45. The van der Waals surface area contributed by atoms with Crippen LogP contribution in [0.15, 0.2) is 158 Å². The fourth-order valence-electron chi connectivity index (χ4n) is 7.05. The van der Waals surface area contributed by atoms with Crippen LogP contribution in [0.3, 0.4) is 0 Å². The minimum atomic E-state index is -0.0213. The van der Waals surface area contributed by atoms with E-state index in [1.807, 2.05) is 73.8 Å². The fraction of sp³-hybridized carbons (Fsp3) is 0.156. The molecule has 0 aliphatic heterocycles. The molecule has 0 N–H and O–H groups in total. The summed E-state index contributed by atoms with van der Waals surface area (Å²) >= 11 is 0. The van der Waals surface area contributed by atoms with Gasteiger partial charge in [0.15, 0.2) is 17.5 Å². The fourth-order valence-corrected chi connectivity index (χ4v) is 7.05. The number of benzene rings is 4. The minimum absolute atomic E-state index is 0.0213. The average molecular weight is 637 g/mol. The lowest BCUT2D eigenvalue weighted by atomic mass is 9.65. The van der Waals surface area contributed by atoms with Crippen LogP contribution in [0.5, 0.6) is 0 Å². The van der Waals surface area contributed by atoms with E-state index in [4.69, 9.17) is 15.0 Å². The van der Waals surface area contributed by atoms with E-state index in [9.17, 15) is 0 Å². The number of pyridine rings is 1. The minimum Gasteiger partial charge on any atom is -0.256 e. The summed E-state index contributed by atoms with van der Waals surface area (Å²) in [5, 5.41) is 0. The lowest BCUT2D eigenvalue weighted by Crippen LogP contribution is -2.30. The van der Waals surface area contributed by atoms with Crippen molar-refractivity contribution >= 4 is 5.57 Å². The molecule has 0 spiro atoms. The van der Waals surface area contributed by atoms with Gasteiger partial charge < -0.3 is 0 Å². The molecule has 4 heteroatoms. The predicted molar refractivity (Wildman–Crippen MR) is 203 cm³/mol. The Kier molecular flexibility index (Phi) is 9.47. The van der Waals surface area contributed by atoms with E-state index >= 15 is 0 Å². The van der Waals surface area contributed by atoms with Crippen LogP contribution in [-0.2, 0) is 5.41 Å². The molecule has 49 heavy (non-hydrogen) atoms. The molecule has 2 aromatic heterocycles. The van der Waals surface area contributed by atoms with Crippen LogP contribution in [0.25, 0.3) is 51.0 Å². The summed E-state index contributed by atoms with van der Waals surface area (Å²) in [5.41, 5.74) is 9.93. The molecule has 1 aliphatic carbocycles. The van der Waals surface area contributed by atoms with Gasteiger partial charge in [-0.1, -0.05) is 159 Å². The zero-order valence-corrected chi connectivity index (χ0v) is 28.0. The molecule has 2 heterocycles. The molecule has 0 bridgehead atoms. The Labute approximate surface area is 289 Å². The van der Waals surface area contributed by atoms with Crippen molar-refractivity contribution < 1.29 is 0 Å². The Hall–Kier alpha value is -5.74. The zero-order chi connectivity index (χ0) is 33.5. The second kappa shape index (κ2) is 14.6. The molecule has 0 unspecified atom stereocenters. The van der Waals surface area contributed by atoms with Crippen LogP contribution in [0.2, 0.25) is 0 Å². The largest absolute Gasteiger partial charge is 0.256 e. The van der Waals surface area contributed by atoms with Crippen molar-refractivity contribution in [2.45, 2.75) is 44.4 Å². The molecule has 4 aromatic carbocycles. The SMILES string of the molecule is C=C/C=C(\C=C/C)c1ccc(-c2nc(-c3ccccc3)nc(-c3ccc(C4(c5ccc(-c6ccccn6)cc5)CCCCC4)cc3)n2)cc1. The molecule has 0 amide bonds.